The quantitative estimate of drug-likeness (QED) is 0.149. The van der Waals surface area contributed by atoms with Gasteiger partial charge in [-0.05, 0) is 137 Å². The van der Waals surface area contributed by atoms with Gasteiger partial charge in [0.2, 0.25) is 0 Å². The van der Waals surface area contributed by atoms with E-state index >= 15 is 0 Å². The molecule has 0 radical (unpaired) electrons. The van der Waals surface area contributed by atoms with Crippen molar-refractivity contribution in [1.82, 2.24) is 9.97 Å². The molecule has 390 valence electrons. The molecule has 0 aliphatic carbocycles. The van der Waals surface area contributed by atoms with Crippen LogP contribution in [0.3, 0.4) is 0 Å². The van der Waals surface area contributed by atoms with E-state index < -0.39 is 0 Å². The molecule has 0 bridgehead atoms. The maximum absolute atomic E-state index is 5.59. The maximum atomic E-state index is 5.59. The van der Waals surface area contributed by atoms with Gasteiger partial charge in [0.15, 0.2) is 5.82 Å². The average Bonchev–Trinajstić information content (AvgIpc) is 3.63. The van der Waals surface area contributed by atoms with Gasteiger partial charge in [-0.1, -0.05) is 241 Å². The van der Waals surface area contributed by atoms with Crippen LogP contribution in [0.15, 0.2) is 212 Å². The molecular weight excluding hydrogens is 956 g/mol. The van der Waals surface area contributed by atoms with Gasteiger partial charge < -0.3 is 9.80 Å². The third kappa shape index (κ3) is 9.68. The highest BCUT2D eigenvalue weighted by Crippen LogP contribution is 2.50. The molecule has 3 heterocycles. The Bertz CT molecular complexity index is 3620. The second kappa shape index (κ2) is 19.3. The van der Waals surface area contributed by atoms with Crippen LogP contribution in [-0.4, -0.2) is 16.7 Å². The summed E-state index contributed by atoms with van der Waals surface area (Å²) >= 11 is 0. The first-order valence-corrected chi connectivity index (χ1v) is 28.2. The molecule has 0 atom stereocenters. The molecule has 79 heavy (non-hydrogen) atoms. The Morgan fingerprint density at radius 1 is 0.291 bits per heavy atom. The first-order valence-electron chi connectivity index (χ1n) is 28.2. The van der Waals surface area contributed by atoms with E-state index in [4.69, 9.17) is 9.97 Å². The molecule has 0 saturated carbocycles. The number of rotatable bonds is 7. The third-order valence-electron chi connectivity index (χ3n) is 16.2. The van der Waals surface area contributed by atoms with E-state index in [1.165, 1.54) is 72.3 Å². The van der Waals surface area contributed by atoms with Crippen molar-refractivity contribution in [2.45, 2.75) is 105 Å². The highest BCUT2D eigenvalue weighted by molar-refractivity contribution is 7.00. The Labute approximate surface area is 470 Å². The van der Waals surface area contributed by atoms with E-state index in [0.717, 1.165) is 50.8 Å². The summed E-state index contributed by atoms with van der Waals surface area (Å²) in [7, 11) is 0. The predicted molar refractivity (Wildman–Crippen MR) is 338 cm³/mol. The Morgan fingerprint density at radius 3 is 0.987 bits per heavy atom. The van der Waals surface area contributed by atoms with Crippen LogP contribution in [0.25, 0.3) is 56.2 Å². The van der Waals surface area contributed by atoms with Crippen LogP contribution in [0.4, 0.5) is 34.1 Å². The van der Waals surface area contributed by atoms with Crippen molar-refractivity contribution in [3.8, 4) is 56.2 Å². The molecule has 10 aromatic rings. The second-order valence-corrected chi connectivity index (χ2v) is 26.0. The van der Waals surface area contributed by atoms with Crippen molar-refractivity contribution in [1.29, 1.82) is 0 Å². The Morgan fingerprint density at radius 2 is 0.620 bits per heavy atom. The van der Waals surface area contributed by atoms with Crippen LogP contribution in [0.2, 0.25) is 0 Å². The van der Waals surface area contributed by atoms with E-state index in [-0.39, 0.29) is 28.4 Å². The Hall–Kier alpha value is -8.28. The molecule has 2 aliphatic heterocycles. The van der Waals surface area contributed by atoms with Crippen molar-refractivity contribution >= 4 is 57.2 Å². The zero-order chi connectivity index (χ0) is 55.2. The summed E-state index contributed by atoms with van der Waals surface area (Å²) in [6.07, 6.45) is 0. The van der Waals surface area contributed by atoms with Gasteiger partial charge in [-0.2, -0.15) is 0 Å². The number of fused-ring (bicyclic) bond motifs is 4. The fraction of sp³-hybridized carbons (Fsp3) is 0.216. The summed E-state index contributed by atoms with van der Waals surface area (Å²) in [4.78, 5) is 16.1. The summed E-state index contributed by atoms with van der Waals surface area (Å²) in [5.41, 5.74) is 24.9. The first-order chi connectivity index (χ1) is 37.7. The van der Waals surface area contributed by atoms with Crippen molar-refractivity contribution in [3.05, 3.63) is 235 Å². The van der Waals surface area contributed by atoms with Crippen LogP contribution in [0.1, 0.15) is 105 Å². The number of nitrogens with zero attached hydrogens (tertiary/aromatic N) is 4. The lowest BCUT2D eigenvalue weighted by Gasteiger charge is -2.45. The molecule has 0 saturated heterocycles. The SMILES string of the molecule is CC(C)(C)c1cc(N2c3cc(-c4ccccc4)ccc3B3c4ccc(-c5ccccc5)cc4N(c4cc(C(C)(C)C)cc(C(C)(C)C)c4)c4cc(-c5cc(-c6ccccc6)nc(-c6ccccc6)n5)cc2c43)cc(C(C)(C)C)c1. The fourth-order valence-electron chi connectivity index (χ4n) is 11.6. The van der Waals surface area contributed by atoms with E-state index in [9.17, 15) is 0 Å². The van der Waals surface area contributed by atoms with Crippen LogP contribution in [0.5, 0.6) is 0 Å². The molecule has 0 N–H and O–H groups in total. The zero-order valence-electron chi connectivity index (χ0n) is 48.1. The lowest BCUT2D eigenvalue weighted by molar-refractivity contribution is 0.568. The standard InChI is InChI=1S/C74H71BN4/c1-71(2,3)55-41-56(72(4,5)6)44-59(43-55)78-65-37-52(48-25-17-13-18-26-48)33-35-61(65)75-62-36-34-53(49-27-19-14-20-28-49)38-66(62)79(60-45-57(73(7,8)9)42-58(46-60)74(10,11)12)68-40-54(39-67(78)69(68)75)64-47-63(50-29-21-15-22-30-50)76-70(77-64)51-31-23-16-24-32-51/h13-47H,1-12H3. The van der Waals surface area contributed by atoms with Crippen molar-refractivity contribution in [3.63, 3.8) is 0 Å². The lowest BCUT2D eigenvalue weighted by Crippen LogP contribution is -2.61. The maximum Gasteiger partial charge on any atom is 0.252 e. The molecule has 5 heteroatoms. The van der Waals surface area contributed by atoms with Gasteiger partial charge in [0.05, 0.1) is 11.4 Å². The smallest absolute Gasteiger partial charge is 0.252 e. The minimum atomic E-state index is -0.123. The minimum absolute atomic E-state index is 0.114. The van der Waals surface area contributed by atoms with Gasteiger partial charge in [0.1, 0.15) is 0 Å². The summed E-state index contributed by atoms with van der Waals surface area (Å²) in [5, 5.41) is 0. The molecule has 0 spiro atoms. The summed E-state index contributed by atoms with van der Waals surface area (Å²) in [5.74, 6) is 0.686. The second-order valence-electron chi connectivity index (χ2n) is 26.0. The number of hydrogen-bond donors (Lipinski definition) is 0. The van der Waals surface area contributed by atoms with E-state index in [1.54, 1.807) is 0 Å². The number of hydrogen-bond acceptors (Lipinski definition) is 4. The van der Waals surface area contributed by atoms with Crippen LogP contribution in [0, 0.1) is 0 Å². The highest BCUT2D eigenvalue weighted by Gasteiger charge is 2.45. The average molecular weight is 1030 g/mol. The molecule has 4 nitrogen and oxygen atoms in total. The van der Waals surface area contributed by atoms with E-state index in [0.29, 0.717) is 5.82 Å². The van der Waals surface area contributed by atoms with Gasteiger partial charge in [0, 0.05) is 50.8 Å². The molecule has 0 fully saturated rings. The predicted octanol–water partition coefficient (Wildman–Crippen LogP) is 18.1. The summed E-state index contributed by atoms with van der Waals surface area (Å²) < 4.78 is 0. The van der Waals surface area contributed by atoms with Crippen molar-refractivity contribution in [2.75, 3.05) is 9.80 Å². The van der Waals surface area contributed by atoms with Gasteiger partial charge >= 0.3 is 0 Å². The van der Waals surface area contributed by atoms with Crippen LogP contribution in [-0.2, 0) is 21.7 Å². The molecule has 9 aromatic carbocycles. The summed E-state index contributed by atoms with van der Waals surface area (Å²) in [6, 6.07) is 79.0. The van der Waals surface area contributed by atoms with Gasteiger partial charge in [0.25, 0.3) is 6.71 Å². The minimum Gasteiger partial charge on any atom is -0.311 e. The van der Waals surface area contributed by atoms with Gasteiger partial charge in [-0.25, -0.2) is 9.97 Å². The number of benzene rings is 9. The van der Waals surface area contributed by atoms with Crippen molar-refractivity contribution < 1.29 is 0 Å². The van der Waals surface area contributed by atoms with Crippen molar-refractivity contribution in [2.24, 2.45) is 0 Å². The Kier molecular flexibility index (Phi) is 12.6. The zero-order valence-corrected chi connectivity index (χ0v) is 48.1. The first kappa shape index (κ1) is 51.5. The molecule has 2 aliphatic rings. The summed E-state index contributed by atoms with van der Waals surface area (Å²) in [6.45, 7) is 28.0. The topological polar surface area (TPSA) is 32.3 Å². The van der Waals surface area contributed by atoms with E-state index in [1.807, 2.05) is 0 Å². The van der Waals surface area contributed by atoms with Gasteiger partial charge in [-0.15, -0.1) is 0 Å². The number of aromatic nitrogens is 2. The normalized spacial score (nSPS) is 13.2. The molecule has 0 amide bonds. The monoisotopic (exact) mass is 1030 g/mol. The van der Waals surface area contributed by atoms with Crippen LogP contribution < -0.4 is 26.2 Å². The lowest BCUT2D eigenvalue weighted by atomic mass is 9.33. The molecule has 12 rings (SSSR count). The molecular formula is C74H71BN4. The third-order valence-corrected chi connectivity index (χ3v) is 16.2. The largest absolute Gasteiger partial charge is 0.311 e. The van der Waals surface area contributed by atoms with Crippen LogP contribution >= 0.6 is 0 Å². The molecule has 1 aromatic heterocycles. The fourth-order valence-corrected chi connectivity index (χ4v) is 11.6. The van der Waals surface area contributed by atoms with Gasteiger partial charge in [-0.3, -0.25) is 0 Å². The molecule has 0 unspecified atom stereocenters. The Balaban J connectivity index is 1.26. The van der Waals surface area contributed by atoms with E-state index in [2.05, 4.69) is 305 Å². The highest BCUT2D eigenvalue weighted by atomic mass is 15.2. The number of anilines is 6.